The Kier molecular flexibility index (Phi) is 9.87. The van der Waals surface area contributed by atoms with E-state index in [-0.39, 0.29) is 5.54 Å². The molecule has 0 saturated heterocycles. The molecule has 0 bridgehead atoms. The van der Waals surface area contributed by atoms with E-state index >= 15 is 0 Å². The lowest BCUT2D eigenvalue weighted by molar-refractivity contribution is 0.534. The number of anilines is 13. The van der Waals surface area contributed by atoms with Crippen molar-refractivity contribution in [3.8, 4) is 0 Å². The monoisotopic (exact) mass is 821 g/mol. The van der Waals surface area contributed by atoms with Gasteiger partial charge >= 0.3 is 0 Å². The van der Waals surface area contributed by atoms with Crippen molar-refractivity contribution in [1.29, 1.82) is 0 Å². The predicted molar refractivity (Wildman–Crippen MR) is 268 cm³/mol. The van der Waals surface area contributed by atoms with Crippen molar-refractivity contribution in [2.45, 2.75) is 65.5 Å². The van der Waals surface area contributed by atoms with Gasteiger partial charge in [0.25, 0.3) is 0 Å². The van der Waals surface area contributed by atoms with Gasteiger partial charge in [0.1, 0.15) is 0 Å². The SMILES string of the molecule is CC(C)c1ccc(N(c2ccccc2)c2ccc(N3c4ccccc4N(C(C)(C)c4ccc(N5c6ccccc6N(C(C)(C)C)c6ccccc65)cc4)c4ccccc43)cc2)cc1. The molecular weight excluding hydrogens is 767 g/mol. The minimum absolute atomic E-state index is 0.101. The molecule has 5 nitrogen and oxygen atoms in total. The van der Waals surface area contributed by atoms with Crippen molar-refractivity contribution < 1.29 is 0 Å². The van der Waals surface area contributed by atoms with Crippen molar-refractivity contribution in [2.24, 2.45) is 0 Å². The van der Waals surface area contributed by atoms with E-state index in [9.17, 15) is 0 Å². The molecule has 0 unspecified atom stereocenters. The number of hydrogen-bond acceptors (Lipinski definition) is 5. The average molecular weight is 822 g/mol. The summed E-state index contributed by atoms with van der Waals surface area (Å²) in [5.74, 6) is 0.475. The molecule has 2 aliphatic rings. The first-order valence-electron chi connectivity index (χ1n) is 22.2. The third-order valence-electron chi connectivity index (χ3n) is 12.7. The van der Waals surface area contributed by atoms with Gasteiger partial charge in [0.05, 0.1) is 51.0 Å². The van der Waals surface area contributed by atoms with Crippen LogP contribution in [0.15, 0.2) is 200 Å². The van der Waals surface area contributed by atoms with Crippen molar-refractivity contribution in [3.63, 3.8) is 0 Å². The first-order valence-corrected chi connectivity index (χ1v) is 22.2. The molecule has 0 amide bonds. The summed E-state index contributed by atoms with van der Waals surface area (Å²) in [4.78, 5) is 12.2. The molecule has 0 aliphatic carbocycles. The summed E-state index contributed by atoms with van der Waals surface area (Å²) < 4.78 is 0. The summed E-state index contributed by atoms with van der Waals surface area (Å²) >= 11 is 0. The zero-order valence-corrected chi connectivity index (χ0v) is 37.4. The maximum Gasteiger partial charge on any atom is 0.0700 e. The van der Waals surface area contributed by atoms with Crippen LogP contribution in [-0.4, -0.2) is 5.54 Å². The molecule has 0 aromatic heterocycles. The zero-order chi connectivity index (χ0) is 43.5. The molecule has 0 spiro atoms. The van der Waals surface area contributed by atoms with Crippen LogP contribution in [0, 0.1) is 0 Å². The molecule has 0 N–H and O–H groups in total. The number of hydrogen-bond donors (Lipinski definition) is 0. The molecular formula is C58H55N5. The van der Waals surface area contributed by atoms with Crippen molar-refractivity contribution in [1.82, 2.24) is 0 Å². The Morgan fingerprint density at radius 1 is 0.349 bits per heavy atom. The fourth-order valence-corrected chi connectivity index (χ4v) is 9.70. The molecule has 8 aromatic rings. The highest BCUT2D eigenvalue weighted by atomic mass is 15.3. The largest absolute Gasteiger partial charge is 0.333 e. The lowest BCUT2D eigenvalue weighted by Gasteiger charge is -2.48. The van der Waals surface area contributed by atoms with E-state index in [4.69, 9.17) is 0 Å². The highest BCUT2D eigenvalue weighted by Gasteiger charge is 2.39. The van der Waals surface area contributed by atoms with Gasteiger partial charge in [-0.3, -0.25) is 0 Å². The standard InChI is InChI=1S/C58H55N5/c1-41(2)42-29-33-45(34-30-42)59(44-19-9-8-10-20-44)46-37-39-48(40-38-46)61-51-23-13-17-27-55(51)63(56-28-18-14-24-52(56)61)58(6,7)43-31-35-47(36-32-43)60-49-21-11-15-25-53(49)62(57(3,4)5)54-26-16-12-22-50(54)60/h8-41H,1-7H3. The Balaban J connectivity index is 1.01. The third-order valence-corrected chi connectivity index (χ3v) is 12.7. The molecule has 0 atom stereocenters. The second-order valence-corrected chi connectivity index (χ2v) is 18.5. The van der Waals surface area contributed by atoms with E-state index in [1.807, 2.05) is 0 Å². The number of nitrogens with zero attached hydrogens (tertiary/aromatic N) is 5. The quantitative estimate of drug-likeness (QED) is 0.151. The highest BCUT2D eigenvalue weighted by Crippen LogP contribution is 2.57. The van der Waals surface area contributed by atoms with E-state index in [0.717, 1.165) is 51.2 Å². The van der Waals surface area contributed by atoms with Crippen LogP contribution in [0.5, 0.6) is 0 Å². The van der Waals surface area contributed by atoms with Gasteiger partial charge < -0.3 is 24.5 Å². The fourth-order valence-electron chi connectivity index (χ4n) is 9.70. The van der Waals surface area contributed by atoms with Gasteiger partial charge in [0.2, 0.25) is 0 Å². The van der Waals surface area contributed by atoms with Crippen molar-refractivity contribution in [2.75, 3.05) is 24.5 Å². The van der Waals surface area contributed by atoms with Crippen LogP contribution in [0.3, 0.4) is 0 Å². The molecule has 0 radical (unpaired) electrons. The molecule has 0 fully saturated rings. The number of para-hydroxylation sites is 9. The van der Waals surface area contributed by atoms with E-state index in [2.05, 4.69) is 273 Å². The van der Waals surface area contributed by atoms with Crippen LogP contribution in [0.25, 0.3) is 0 Å². The molecule has 312 valence electrons. The number of rotatable bonds is 8. The Bertz CT molecular complexity index is 2800. The van der Waals surface area contributed by atoms with Crippen molar-refractivity contribution >= 4 is 73.9 Å². The lowest BCUT2D eigenvalue weighted by Crippen LogP contribution is -2.41. The van der Waals surface area contributed by atoms with Gasteiger partial charge in [-0.25, -0.2) is 0 Å². The molecule has 8 aromatic carbocycles. The topological polar surface area (TPSA) is 16.2 Å². The predicted octanol–water partition coefficient (Wildman–Crippen LogP) is 16.9. The summed E-state index contributed by atoms with van der Waals surface area (Å²) in [7, 11) is 0. The molecule has 2 aliphatic heterocycles. The minimum atomic E-state index is -0.414. The summed E-state index contributed by atoms with van der Waals surface area (Å²) in [6.45, 7) is 16.0. The van der Waals surface area contributed by atoms with Gasteiger partial charge in [-0.05, 0) is 161 Å². The molecule has 63 heavy (non-hydrogen) atoms. The maximum atomic E-state index is 2.53. The Labute approximate surface area is 373 Å². The van der Waals surface area contributed by atoms with Gasteiger partial charge in [-0.1, -0.05) is 105 Å². The highest BCUT2D eigenvalue weighted by molar-refractivity contribution is 6.00. The van der Waals surface area contributed by atoms with E-state index in [0.29, 0.717) is 5.92 Å². The second-order valence-electron chi connectivity index (χ2n) is 18.5. The zero-order valence-electron chi connectivity index (χ0n) is 37.4. The average Bonchev–Trinajstić information content (AvgIpc) is 3.30. The van der Waals surface area contributed by atoms with Gasteiger partial charge in [0, 0.05) is 34.0 Å². The normalized spacial score (nSPS) is 13.3. The Morgan fingerprint density at radius 3 is 1.08 bits per heavy atom. The summed E-state index contributed by atoms with van der Waals surface area (Å²) in [5, 5.41) is 0. The summed E-state index contributed by atoms with van der Waals surface area (Å²) in [6.07, 6.45) is 0. The minimum Gasteiger partial charge on any atom is -0.333 e. The van der Waals surface area contributed by atoms with E-state index < -0.39 is 5.54 Å². The lowest BCUT2D eigenvalue weighted by atomic mass is 9.88. The van der Waals surface area contributed by atoms with E-state index in [1.54, 1.807) is 0 Å². The van der Waals surface area contributed by atoms with Crippen LogP contribution in [-0.2, 0) is 5.54 Å². The Morgan fingerprint density at radius 2 is 0.683 bits per heavy atom. The maximum absolute atomic E-state index is 2.53. The van der Waals surface area contributed by atoms with Gasteiger partial charge in [-0.15, -0.1) is 0 Å². The molecule has 2 heterocycles. The smallest absolute Gasteiger partial charge is 0.0700 e. The van der Waals surface area contributed by atoms with E-state index in [1.165, 1.54) is 33.9 Å². The third kappa shape index (κ3) is 6.89. The summed E-state index contributed by atoms with van der Waals surface area (Å²) in [5.41, 5.74) is 17.0. The van der Waals surface area contributed by atoms with Crippen LogP contribution >= 0.6 is 0 Å². The van der Waals surface area contributed by atoms with Crippen LogP contribution in [0.1, 0.15) is 65.5 Å². The second kappa shape index (κ2) is 15.6. The molecule has 0 saturated carbocycles. The molecule has 5 heteroatoms. The van der Waals surface area contributed by atoms with Crippen LogP contribution in [0.4, 0.5) is 73.9 Å². The first-order chi connectivity index (χ1) is 30.5. The van der Waals surface area contributed by atoms with Crippen molar-refractivity contribution in [3.05, 3.63) is 211 Å². The van der Waals surface area contributed by atoms with Crippen LogP contribution < -0.4 is 24.5 Å². The summed E-state index contributed by atoms with van der Waals surface area (Å²) in [6, 6.07) is 73.1. The fraction of sp³-hybridized carbons (Fsp3) is 0.172. The van der Waals surface area contributed by atoms with Crippen LogP contribution in [0.2, 0.25) is 0 Å². The van der Waals surface area contributed by atoms with Gasteiger partial charge in [-0.2, -0.15) is 0 Å². The number of benzene rings is 8. The Hall–Kier alpha value is -7.24. The number of fused-ring (bicyclic) bond motifs is 4. The molecule has 10 rings (SSSR count). The van der Waals surface area contributed by atoms with Gasteiger partial charge in [0.15, 0.2) is 0 Å². The first kappa shape index (κ1) is 39.9.